The number of amides is 1. The monoisotopic (exact) mass is 342 g/mol. The molecule has 0 saturated heterocycles. The number of hydrogen-bond donors (Lipinski definition) is 1. The molecule has 0 aliphatic carbocycles. The third-order valence-electron chi connectivity index (χ3n) is 3.45. The molecule has 130 valence electrons. The lowest BCUT2D eigenvalue weighted by atomic mass is 10.1. The molecule has 0 aliphatic rings. The van der Waals surface area contributed by atoms with Crippen molar-refractivity contribution in [3.63, 3.8) is 0 Å². The Morgan fingerprint density at radius 2 is 1.61 bits per heavy atom. The minimum Gasteiger partial charge on any atom is -0.339 e. The summed E-state index contributed by atoms with van der Waals surface area (Å²) in [5, 5.41) is 0. The lowest BCUT2D eigenvalue weighted by molar-refractivity contribution is 0.0750. The Morgan fingerprint density at radius 3 is 2.13 bits per heavy atom. The van der Waals surface area contributed by atoms with Crippen molar-refractivity contribution in [1.29, 1.82) is 0 Å². The number of benzene rings is 1. The zero-order chi connectivity index (χ0) is 17.5. The summed E-state index contributed by atoms with van der Waals surface area (Å²) in [5.41, 5.74) is 1.67. The molecule has 7 heteroatoms. The Kier molecular flexibility index (Phi) is 7.67. The molecular weight excluding hydrogens is 316 g/mol. The van der Waals surface area contributed by atoms with Crippen molar-refractivity contribution in [1.82, 2.24) is 9.80 Å². The molecule has 1 aromatic rings. The molecule has 1 aromatic carbocycles. The normalized spacial score (nSPS) is 11.7. The van der Waals surface area contributed by atoms with Crippen LogP contribution in [0.4, 0.5) is 0 Å². The fourth-order valence-electron chi connectivity index (χ4n) is 2.21. The smallest absolute Gasteiger partial charge is 0.264 e. The number of hydrogen-bond acceptors (Lipinski definition) is 4. The summed E-state index contributed by atoms with van der Waals surface area (Å²) in [6.45, 7) is 3.65. The van der Waals surface area contributed by atoms with Gasteiger partial charge in [0.15, 0.2) is 0 Å². The zero-order valence-corrected chi connectivity index (χ0v) is 14.8. The SMILES string of the molecule is Cc1ccc(C(=O)N(CCCN(C)C)CCCS(=O)(=O)O)cc1. The van der Waals surface area contributed by atoms with Gasteiger partial charge < -0.3 is 9.80 Å². The molecule has 0 heterocycles. The van der Waals surface area contributed by atoms with E-state index >= 15 is 0 Å². The van der Waals surface area contributed by atoms with Crippen LogP contribution in [0.15, 0.2) is 24.3 Å². The van der Waals surface area contributed by atoms with E-state index in [-0.39, 0.29) is 18.1 Å². The summed E-state index contributed by atoms with van der Waals surface area (Å²) in [7, 11) is -0.0703. The molecule has 0 bridgehead atoms. The van der Waals surface area contributed by atoms with Crippen molar-refractivity contribution >= 4 is 16.0 Å². The predicted molar refractivity (Wildman–Crippen MR) is 91.3 cm³/mol. The Morgan fingerprint density at radius 1 is 1.04 bits per heavy atom. The van der Waals surface area contributed by atoms with E-state index < -0.39 is 10.1 Å². The first kappa shape index (κ1) is 19.6. The van der Waals surface area contributed by atoms with Gasteiger partial charge in [0.05, 0.1) is 5.75 Å². The molecule has 1 amide bonds. The summed E-state index contributed by atoms with van der Waals surface area (Å²) < 4.78 is 30.5. The molecule has 0 unspecified atom stereocenters. The van der Waals surface area contributed by atoms with Crippen LogP contribution in [-0.4, -0.2) is 68.2 Å². The van der Waals surface area contributed by atoms with Crippen LogP contribution in [0.2, 0.25) is 0 Å². The van der Waals surface area contributed by atoms with Crippen LogP contribution >= 0.6 is 0 Å². The first-order valence-corrected chi connectivity index (χ1v) is 9.26. The van der Waals surface area contributed by atoms with Crippen LogP contribution in [0.3, 0.4) is 0 Å². The summed E-state index contributed by atoms with van der Waals surface area (Å²) in [4.78, 5) is 16.3. The van der Waals surface area contributed by atoms with Crippen molar-refractivity contribution in [2.24, 2.45) is 0 Å². The molecule has 0 saturated carbocycles. The van der Waals surface area contributed by atoms with Crippen LogP contribution < -0.4 is 0 Å². The van der Waals surface area contributed by atoms with Crippen LogP contribution in [0, 0.1) is 6.92 Å². The fourth-order valence-corrected chi connectivity index (χ4v) is 2.70. The second-order valence-electron chi connectivity index (χ2n) is 5.95. The second kappa shape index (κ2) is 9.00. The van der Waals surface area contributed by atoms with Gasteiger partial charge in [0.2, 0.25) is 0 Å². The summed E-state index contributed by atoms with van der Waals surface area (Å²) in [6.07, 6.45) is 1.02. The molecule has 1 rings (SSSR count). The van der Waals surface area contributed by atoms with Crippen LogP contribution in [-0.2, 0) is 10.1 Å². The minimum absolute atomic E-state index is 0.112. The maximum atomic E-state index is 12.6. The topological polar surface area (TPSA) is 77.9 Å². The largest absolute Gasteiger partial charge is 0.339 e. The van der Waals surface area contributed by atoms with Crippen LogP contribution in [0.1, 0.15) is 28.8 Å². The molecule has 1 N–H and O–H groups in total. The van der Waals surface area contributed by atoms with Gasteiger partial charge in [-0.15, -0.1) is 0 Å². The predicted octanol–water partition coefficient (Wildman–Crippen LogP) is 1.67. The highest BCUT2D eigenvalue weighted by Gasteiger charge is 2.16. The van der Waals surface area contributed by atoms with Gasteiger partial charge in [-0.05, 0) is 52.5 Å². The summed E-state index contributed by atoms with van der Waals surface area (Å²) in [5.74, 6) is -0.447. The van der Waals surface area contributed by atoms with E-state index in [4.69, 9.17) is 4.55 Å². The number of nitrogens with zero attached hydrogens (tertiary/aromatic N) is 2. The minimum atomic E-state index is -4.00. The van der Waals surface area contributed by atoms with Crippen molar-refractivity contribution in [3.8, 4) is 0 Å². The molecular formula is C16H26N2O4S. The number of carbonyl (C=O) groups excluding carboxylic acids is 1. The molecule has 0 aromatic heterocycles. The molecule has 23 heavy (non-hydrogen) atoms. The lowest BCUT2D eigenvalue weighted by Gasteiger charge is -2.23. The van der Waals surface area contributed by atoms with Crippen LogP contribution in [0.25, 0.3) is 0 Å². The Bertz CT molecular complexity index is 597. The average Bonchev–Trinajstić information content (AvgIpc) is 2.44. The highest BCUT2D eigenvalue weighted by atomic mass is 32.2. The number of rotatable bonds is 9. The molecule has 0 spiro atoms. The maximum Gasteiger partial charge on any atom is 0.264 e. The first-order chi connectivity index (χ1) is 10.7. The second-order valence-corrected chi connectivity index (χ2v) is 7.53. The quantitative estimate of drug-likeness (QED) is 0.691. The van der Waals surface area contributed by atoms with Gasteiger partial charge in [0.1, 0.15) is 0 Å². The molecule has 6 nitrogen and oxygen atoms in total. The van der Waals surface area contributed by atoms with E-state index in [0.29, 0.717) is 18.7 Å². The van der Waals surface area contributed by atoms with Crippen molar-refractivity contribution < 1.29 is 17.8 Å². The van der Waals surface area contributed by atoms with Gasteiger partial charge in [-0.1, -0.05) is 17.7 Å². The lowest BCUT2D eigenvalue weighted by Crippen LogP contribution is -2.35. The molecule has 0 radical (unpaired) electrons. The van der Waals surface area contributed by atoms with E-state index in [1.807, 2.05) is 38.1 Å². The van der Waals surface area contributed by atoms with Gasteiger partial charge in [-0.3, -0.25) is 9.35 Å². The van der Waals surface area contributed by atoms with E-state index in [2.05, 4.69) is 0 Å². The van der Waals surface area contributed by atoms with Crippen LogP contribution in [0.5, 0.6) is 0 Å². The zero-order valence-electron chi connectivity index (χ0n) is 14.0. The van der Waals surface area contributed by atoms with E-state index in [0.717, 1.165) is 18.5 Å². The van der Waals surface area contributed by atoms with Crippen molar-refractivity contribution in [2.75, 3.05) is 39.5 Å². The molecule has 0 atom stereocenters. The van der Waals surface area contributed by atoms with E-state index in [1.54, 1.807) is 17.0 Å². The van der Waals surface area contributed by atoms with Gasteiger partial charge in [0, 0.05) is 18.7 Å². The standard InChI is InChI=1S/C16H26N2O4S/c1-14-6-8-15(9-7-14)16(19)18(11-4-10-17(2)3)12-5-13-23(20,21)22/h6-9H,4-5,10-13H2,1-3H3,(H,20,21,22). The first-order valence-electron chi connectivity index (χ1n) is 7.65. The Hall–Kier alpha value is -1.44. The average molecular weight is 342 g/mol. The maximum absolute atomic E-state index is 12.6. The summed E-state index contributed by atoms with van der Waals surface area (Å²) in [6, 6.07) is 7.31. The van der Waals surface area contributed by atoms with E-state index in [1.165, 1.54) is 0 Å². The third-order valence-corrected chi connectivity index (χ3v) is 4.25. The molecule has 0 aliphatic heterocycles. The van der Waals surface area contributed by atoms with Crippen molar-refractivity contribution in [2.45, 2.75) is 19.8 Å². The fraction of sp³-hybridized carbons (Fsp3) is 0.562. The summed E-state index contributed by atoms with van der Waals surface area (Å²) >= 11 is 0. The van der Waals surface area contributed by atoms with Gasteiger partial charge in [-0.25, -0.2) is 0 Å². The number of aryl methyl sites for hydroxylation is 1. The molecule has 0 fully saturated rings. The highest BCUT2D eigenvalue weighted by molar-refractivity contribution is 7.85. The van der Waals surface area contributed by atoms with Gasteiger partial charge in [0.25, 0.3) is 16.0 Å². The van der Waals surface area contributed by atoms with Crippen molar-refractivity contribution in [3.05, 3.63) is 35.4 Å². The Balaban J connectivity index is 2.71. The van der Waals surface area contributed by atoms with E-state index in [9.17, 15) is 13.2 Å². The third kappa shape index (κ3) is 8.11. The van der Waals surface area contributed by atoms with Gasteiger partial charge >= 0.3 is 0 Å². The van der Waals surface area contributed by atoms with Gasteiger partial charge in [-0.2, -0.15) is 8.42 Å². The number of carbonyl (C=O) groups is 1. The Labute approximate surface area is 138 Å². The highest BCUT2D eigenvalue weighted by Crippen LogP contribution is 2.09.